The van der Waals surface area contributed by atoms with Crippen LogP contribution in [0.2, 0.25) is 0 Å². The van der Waals surface area contributed by atoms with Crippen LogP contribution >= 0.6 is 0 Å². The molecule has 1 heterocycles. The van der Waals surface area contributed by atoms with Gasteiger partial charge in [0.2, 0.25) is 0 Å². The lowest BCUT2D eigenvalue weighted by atomic mass is 10.1. The fourth-order valence-corrected chi connectivity index (χ4v) is 1.48. The largest absolute Gasteiger partial charge is 0.478 e. The Morgan fingerprint density at radius 2 is 2.29 bits per heavy atom. The molecular formula is C10H10N2O2. The number of carboxylic acids is 1. The predicted molar refractivity (Wildman–Crippen MR) is 53.1 cm³/mol. The third-order valence-electron chi connectivity index (χ3n) is 2.23. The second-order valence-corrected chi connectivity index (χ2v) is 3.08. The molecule has 0 fully saturated rings. The maximum absolute atomic E-state index is 10.7. The van der Waals surface area contributed by atoms with E-state index in [-0.39, 0.29) is 5.56 Å². The Morgan fingerprint density at radius 1 is 1.50 bits per heavy atom. The van der Waals surface area contributed by atoms with Gasteiger partial charge in [0.15, 0.2) is 0 Å². The number of hydrogen-bond acceptors (Lipinski definition) is 2. The van der Waals surface area contributed by atoms with Crippen LogP contribution < -0.4 is 5.73 Å². The second kappa shape index (κ2) is 3.16. The first-order valence-corrected chi connectivity index (χ1v) is 4.25. The van der Waals surface area contributed by atoms with Crippen molar-refractivity contribution < 1.29 is 9.90 Å². The number of carboxylic acid groups (broad SMARTS) is 1. The molecule has 0 aliphatic rings. The van der Waals surface area contributed by atoms with Gasteiger partial charge in [-0.05, 0) is 23.8 Å². The fraction of sp³-hybridized carbons (Fsp3) is 0.100. The number of nitrogens with one attached hydrogen (secondary N) is 1. The molecule has 4 heteroatoms. The molecule has 0 saturated carbocycles. The van der Waals surface area contributed by atoms with Gasteiger partial charge in [-0.25, -0.2) is 4.79 Å². The monoisotopic (exact) mass is 190 g/mol. The highest BCUT2D eigenvalue weighted by Crippen LogP contribution is 2.19. The molecule has 2 rings (SSSR count). The van der Waals surface area contributed by atoms with Gasteiger partial charge in [0.1, 0.15) is 0 Å². The molecule has 0 aliphatic heterocycles. The summed E-state index contributed by atoms with van der Waals surface area (Å²) < 4.78 is 0. The minimum atomic E-state index is -0.920. The molecule has 0 aliphatic carbocycles. The van der Waals surface area contributed by atoms with Crippen molar-refractivity contribution >= 4 is 16.9 Å². The highest BCUT2D eigenvalue weighted by Gasteiger charge is 2.06. The molecule has 72 valence electrons. The van der Waals surface area contributed by atoms with Crippen LogP contribution in [0.15, 0.2) is 24.4 Å². The second-order valence-electron chi connectivity index (χ2n) is 3.08. The van der Waals surface area contributed by atoms with Crippen LogP contribution in [0.3, 0.4) is 0 Å². The van der Waals surface area contributed by atoms with E-state index < -0.39 is 5.97 Å². The summed E-state index contributed by atoms with van der Waals surface area (Å²) in [5.74, 6) is -0.920. The smallest absolute Gasteiger partial charge is 0.335 e. The molecule has 0 bridgehead atoms. The summed E-state index contributed by atoms with van der Waals surface area (Å²) in [5, 5.41) is 9.69. The molecule has 4 nitrogen and oxygen atoms in total. The van der Waals surface area contributed by atoms with E-state index in [0.29, 0.717) is 6.54 Å². The molecule has 0 unspecified atom stereocenters. The van der Waals surface area contributed by atoms with Gasteiger partial charge in [-0.3, -0.25) is 0 Å². The number of aromatic carboxylic acids is 1. The van der Waals surface area contributed by atoms with E-state index >= 15 is 0 Å². The molecule has 0 saturated heterocycles. The van der Waals surface area contributed by atoms with E-state index in [4.69, 9.17) is 10.8 Å². The average Bonchev–Trinajstić information content (AvgIpc) is 2.59. The number of rotatable bonds is 2. The zero-order valence-corrected chi connectivity index (χ0v) is 7.45. The van der Waals surface area contributed by atoms with Crippen molar-refractivity contribution in [3.05, 3.63) is 35.5 Å². The van der Waals surface area contributed by atoms with Gasteiger partial charge in [0, 0.05) is 23.6 Å². The summed E-state index contributed by atoms with van der Waals surface area (Å²) in [6, 6.07) is 4.95. The van der Waals surface area contributed by atoms with E-state index in [1.807, 2.05) is 0 Å². The molecule has 1 aromatic heterocycles. The Labute approximate surface area is 80.3 Å². The highest BCUT2D eigenvalue weighted by atomic mass is 16.4. The third-order valence-corrected chi connectivity index (χ3v) is 2.23. The van der Waals surface area contributed by atoms with Crippen LogP contribution in [0, 0.1) is 0 Å². The average molecular weight is 190 g/mol. The van der Waals surface area contributed by atoms with Crippen LogP contribution in [0.5, 0.6) is 0 Å². The third kappa shape index (κ3) is 1.25. The summed E-state index contributed by atoms with van der Waals surface area (Å²) >= 11 is 0. The first kappa shape index (κ1) is 8.77. The SMILES string of the molecule is NCc1c[nH]c2ccc(C(=O)O)cc12. The number of aromatic nitrogens is 1. The Hall–Kier alpha value is -1.81. The Kier molecular flexibility index (Phi) is 1.98. The highest BCUT2D eigenvalue weighted by molar-refractivity contribution is 5.94. The van der Waals surface area contributed by atoms with Gasteiger partial charge >= 0.3 is 5.97 Å². The summed E-state index contributed by atoms with van der Waals surface area (Å²) in [6.07, 6.45) is 1.80. The normalized spacial score (nSPS) is 10.6. The van der Waals surface area contributed by atoms with Gasteiger partial charge in [0.05, 0.1) is 5.56 Å². The minimum Gasteiger partial charge on any atom is -0.478 e. The summed E-state index contributed by atoms with van der Waals surface area (Å²) in [5.41, 5.74) is 7.65. The molecular weight excluding hydrogens is 180 g/mol. The summed E-state index contributed by atoms with van der Waals surface area (Å²) in [7, 11) is 0. The molecule has 14 heavy (non-hydrogen) atoms. The quantitative estimate of drug-likeness (QED) is 0.668. The van der Waals surface area contributed by atoms with E-state index in [2.05, 4.69) is 4.98 Å². The van der Waals surface area contributed by atoms with Gasteiger partial charge in [-0.1, -0.05) is 0 Å². The van der Waals surface area contributed by atoms with Crippen molar-refractivity contribution in [3.8, 4) is 0 Å². The zero-order valence-electron chi connectivity index (χ0n) is 7.45. The number of benzene rings is 1. The summed E-state index contributed by atoms with van der Waals surface area (Å²) in [6.45, 7) is 0.406. The number of fused-ring (bicyclic) bond motifs is 1. The minimum absolute atomic E-state index is 0.284. The van der Waals surface area contributed by atoms with Crippen molar-refractivity contribution in [1.82, 2.24) is 4.98 Å². The van der Waals surface area contributed by atoms with Crippen LogP contribution in [0.1, 0.15) is 15.9 Å². The predicted octanol–water partition coefficient (Wildman–Crippen LogP) is 1.32. The maximum atomic E-state index is 10.7. The fourth-order valence-electron chi connectivity index (χ4n) is 1.48. The number of nitrogens with two attached hydrogens (primary N) is 1. The van der Waals surface area contributed by atoms with Crippen molar-refractivity contribution in [1.29, 1.82) is 0 Å². The van der Waals surface area contributed by atoms with Crippen molar-refractivity contribution in [2.75, 3.05) is 0 Å². The van der Waals surface area contributed by atoms with Crippen LogP contribution in [-0.2, 0) is 6.54 Å². The van der Waals surface area contributed by atoms with E-state index in [0.717, 1.165) is 16.5 Å². The molecule has 0 spiro atoms. The molecule has 0 radical (unpaired) electrons. The first-order chi connectivity index (χ1) is 6.72. The lowest BCUT2D eigenvalue weighted by Crippen LogP contribution is -1.97. The Morgan fingerprint density at radius 3 is 2.93 bits per heavy atom. The van der Waals surface area contributed by atoms with Crippen LogP contribution in [0.25, 0.3) is 10.9 Å². The maximum Gasteiger partial charge on any atom is 0.335 e. The summed E-state index contributed by atoms with van der Waals surface area (Å²) in [4.78, 5) is 13.8. The molecule has 2 aromatic rings. The van der Waals surface area contributed by atoms with Crippen LogP contribution in [-0.4, -0.2) is 16.1 Å². The first-order valence-electron chi connectivity index (χ1n) is 4.25. The van der Waals surface area contributed by atoms with E-state index in [1.54, 1.807) is 24.4 Å². The lowest BCUT2D eigenvalue weighted by Gasteiger charge is -1.96. The van der Waals surface area contributed by atoms with Crippen molar-refractivity contribution in [2.24, 2.45) is 5.73 Å². The van der Waals surface area contributed by atoms with E-state index in [1.165, 1.54) is 0 Å². The number of hydrogen-bond donors (Lipinski definition) is 3. The van der Waals surface area contributed by atoms with Gasteiger partial charge in [0.25, 0.3) is 0 Å². The standard InChI is InChI=1S/C10H10N2O2/c11-4-7-5-12-9-2-1-6(10(13)14)3-8(7)9/h1-3,5,12H,4,11H2,(H,13,14). The van der Waals surface area contributed by atoms with Crippen molar-refractivity contribution in [2.45, 2.75) is 6.54 Å². The zero-order chi connectivity index (χ0) is 10.1. The van der Waals surface area contributed by atoms with E-state index in [9.17, 15) is 4.79 Å². The van der Waals surface area contributed by atoms with Gasteiger partial charge < -0.3 is 15.8 Å². The topological polar surface area (TPSA) is 79.1 Å². The van der Waals surface area contributed by atoms with Gasteiger partial charge in [-0.2, -0.15) is 0 Å². The number of carbonyl (C=O) groups is 1. The lowest BCUT2D eigenvalue weighted by molar-refractivity contribution is 0.0697. The Bertz CT molecular complexity index is 488. The molecule has 4 N–H and O–H groups in total. The van der Waals surface area contributed by atoms with Gasteiger partial charge in [-0.15, -0.1) is 0 Å². The van der Waals surface area contributed by atoms with Crippen molar-refractivity contribution in [3.63, 3.8) is 0 Å². The Balaban J connectivity index is 2.67. The van der Waals surface area contributed by atoms with Crippen LogP contribution in [0.4, 0.5) is 0 Å². The number of H-pyrrole nitrogens is 1. The molecule has 0 amide bonds. The molecule has 1 aromatic carbocycles. The number of aromatic amines is 1. The molecule has 0 atom stereocenters.